The molecule has 0 unspecified atom stereocenters. The minimum atomic E-state index is -0.428. The second-order valence-corrected chi connectivity index (χ2v) is 5.90. The predicted molar refractivity (Wildman–Crippen MR) is 83.4 cm³/mol. The van der Waals surface area contributed by atoms with Crippen LogP contribution in [0.4, 0.5) is 10.1 Å². The van der Waals surface area contributed by atoms with Crippen LogP contribution < -0.4 is 5.73 Å². The Hall–Kier alpha value is -1.88. The van der Waals surface area contributed by atoms with Crippen molar-refractivity contribution >= 4 is 27.5 Å². The summed E-state index contributed by atoms with van der Waals surface area (Å²) < 4.78 is 13.8. The summed E-state index contributed by atoms with van der Waals surface area (Å²) in [6.07, 6.45) is 0.786. The molecule has 1 heterocycles. The van der Waals surface area contributed by atoms with Crippen LogP contribution in [0.5, 0.6) is 0 Å². The van der Waals surface area contributed by atoms with E-state index in [1.54, 1.807) is 17.0 Å². The Morgan fingerprint density at radius 1 is 1.24 bits per heavy atom. The fourth-order valence-electron chi connectivity index (χ4n) is 2.59. The van der Waals surface area contributed by atoms with E-state index in [9.17, 15) is 9.18 Å². The number of anilines is 1. The van der Waals surface area contributed by atoms with Crippen molar-refractivity contribution in [3.8, 4) is 0 Å². The number of carbonyl (C=O) groups is 1. The summed E-state index contributed by atoms with van der Waals surface area (Å²) in [6.45, 7) is 1.13. The van der Waals surface area contributed by atoms with Crippen molar-refractivity contribution < 1.29 is 9.18 Å². The van der Waals surface area contributed by atoms with Gasteiger partial charge in [-0.05, 0) is 57.7 Å². The van der Waals surface area contributed by atoms with Crippen molar-refractivity contribution in [1.29, 1.82) is 0 Å². The van der Waals surface area contributed by atoms with Crippen LogP contribution in [-0.2, 0) is 13.0 Å². The van der Waals surface area contributed by atoms with E-state index >= 15 is 0 Å². The lowest BCUT2D eigenvalue weighted by Crippen LogP contribution is -2.36. The number of fused-ring (bicyclic) bond motifs is 1. The lowest BCUT2D eigenvalue weighted by atomic mass is 9.98. The predicted octanol–water partition coefficient (Wildman–Crippen LogP) is 3.37. The van der Waals surface area contributed by atoms with Crippen LogP contribution in [0.3, 0.4) is 0 Å². The van der Waals surface area contributed by atoms with E-state index < -0.39 is 5.82 Å². The van der Waals surface area contributed by atoms with Crippen molar-refractivity contribution in [3.63, 3.8) is 0 Å². The third kappa shape index (κ3) is 2.65. The van der Waals surface area contributed by atoms with Crippen LogP contribution in [0.25, 0.3) is 0 Å². The van der Waals surface area contributed by atoms with Gasteiger partial charge in [0.25, 0.3) is 5.91 Å². The van der Waals surface area contributed by atoms with Gasteiger partial charge in [-0.1, -0.05) is 12.1 Å². The minimum absolute atomic E-state index is 0.172. The Morgan fingerprint density at radius 2 is 2.05 bits per heavy atom. The monoisotopic (exact) mass is 348 g/mol. The zero-order chi connectivity index (χ0) is 15.0. The number of benzene rings is 2. The number of halogens is 2. The molecule has 1 aliphatic rings. The summed E-state index contributed by atoms with van der Waals surface area (Å²) in [4.78, 5) is 14.3. The average molecular weight is 349 g/mol. The summed E-state index contributed by atoms with van der Waals surface area (Å²) in [7, 11) is 0. The van der Waals surface area contributed by atoms with Crippen LogP contribution in [0, 0.1) is 5.82 Å². The van der Waals surface area contributed by atoms with E-state index in [1.807, 2.05) is 18.2 Å². The van der Waals surface area contributed by atoms with Gasteiger partial charge in [0.05, 0.1) is 10.0 Å². The summed E-state index contributed by atoms with van der Waals surface area (Å²) in [5, 5.41) is 0. The first-order chi connectivity index (χ1) is 10.1. The van der Waals surface area contributed by atoms with Crippen LogP contribution >= 0.6 is 15.9 Å². The molecule has 0 radical (unpaired) electrons. The van der Waals surface area contributed by atoms with Gasteiger partial charge in [0.1, 0.15) is 5.82 Å². The van der Waals surface area contributed by atoms with Gasteiger partial charge >= 0.3 is 0 Å². The van der Waals surface area contributed by atoms with Crippen molar-refractivity contribution in [2.75, 3.05) is 12.3 Å². The number of hydrogen-bond donors (Lipinski definition) is 1. The fraction of sp³-hybridized carbons (Fsp3) is 0.188. The normalized spacial score (nSPS) is 13.9. The van der Waals surface area contributed by atoms with Gasteiger partial charge in [0.2, 0.25) is 0 Å². The Bertz CT molecular complexity index is 717. The Kier molecular flexibility index (Phi) is 3.68. The number of nitrogens with two attached hydrogens (primary N) is 1. The molecule has 0 bridgehead atoms. The highest BCUT2D eigenvalue weighted by Crippen LogP contribution is 2.26. The number of amides is 1. The average Bonchev–Trinajstić information content (AvgIpc) is 2.48. The first-order valence-electron chi connectivity index (χ1n) is 6.67. The molecule has 3 nitrogen and oxygen atoms in total. The van der Waals surface area contributed by atoms with E-state index in [1.165, 1.54) is 11.6 Å². The van der Waals surface area contributed by atoms with Crippen molar-refractivity contribution in [2.24, 2.45) is 0 Å². The third-order valence-electron chi connectivity index (χ3n) is 3.71. The third-order valence-corrected chi connectivity index (χ3v) is 4.52. The standard InChI is InChI=1S/C16H14BrFN2O/c17-15-13(2-1-3-14(15)18)16(21)20-7-6-10-4-5-12(19)8-11(10)9-20/h1-5,8H,6-7,9,19H2. The maximum absolute atomic E-state index is 13.6. The molecule has 0 saturated heterocycles. The minimum Gasteiger partial charge on any atom is -0.399 e. The van der Waals surface area contributed by atoms with Gasteiger partial charge in [-0.15, -0.1) is 0 Å². The Balaban J connectivity index is 1.89. The summed E-state index contributed by atoms with van der Waals surface area (Å²) in [5.74, 6) is -0.600. The van der Waals surface area contributed by atoms with E-state index in [4.69, 9.17) is 5.73 Å². The molecule has 108 valence electrons. The number of rotatable bonds is 1. The Morgan fingerprint density at radius 3 is 2.86 bits per heavy atom. The molecule has 2 aromatic rings. The molecule has 2 N–H and O–H groups in total. The molecule has 5 heteroatoms. The van der Waals surface area contributed by atoms with Crippen molar-refractivity contribution in [3.05, 3.63) is 63.4 Å². The van der Waals surface area contributed by atoms with Gasteiger partial charge in [-0.25, -0.2) is 4.39 Å². The SMILES string of the molecule is Nc1ccc2c(c1)CN(C(=O)c1cccc(F)c1Br)CC2. The lowest BCUT2D eigenvalue weighted by Gasteiger charge is -2.29. The highest BCUT2D eigenvalue weighted by Gasteiger charge is 2.24. The summed E-state index contributed by atoms with van der Waals surface area (Å²) in [6, 6.07) is 10.3. The summed E-state index contributed by atoms with van der Waals surface area (Å²) >= 11 is 3.15. The van der Waals surface area contributed by atoms with Crippen LogP contribution in [-0.4, -0.2) is 17.4 Å². The van der Waals surface area contributed by atoms with E-state index in [2.05, 4.69) is 15.9 Å². The molecule has 0 saturated carbocycles. The van der Waals surface area contributed by atoms with Gasteiger partial charge in [-0.2, -0.15) is 0 Å². The molecule has 2 aromatic carbocycles. The van der Waals surface area contributed by atoms with Gasteiger partial charge in [0.15, 0.2) is 0 Å². The van der Waals surface area contributed by atoms with Crippen LogP contribution in [0.15, 0.2) is 40.9 Å². The Labute approximate surface area is 130 Å². The van der Waals surface area contributed by atoms with E-state index in [-0.39, 0.29) is 10.4 Å². The highest BCUT2D eigenvalue weighted by molar-refractivity contribution is 9.10. The molecule has 1 amide bonds. The lowest BCUT2D eigenvalue weighted by molar-refractivity contribution is 0.0733. The van der Waals surface area contributed by atoms with E-state index in [0.29, 0.717) is 24.3 Å². The van der Waals surface area contributed by atoms with Crippen LogP contribution in [0.1, 0.15) is 21.5 Å². The second-order valence-electron chi connectivity index (χ2n) is 5.11. The molecule has 1 aliphatic heterocycles. The van der Waals surface area contributed by atoms with Crippen LogP contribution in [0.2, 0.25) is 0 Å². The van der Waals surface area contributed by atoms with Crippen molar-refractivity contribution in [2.45, 2.75) is 13.0 Å². The number of hydrogen-bond acceptors (Lipinski definition) is 2. The number of nitrogens with zero attached hydrogens (tertiary/aromatic N) is 1. The zero-order valence-corrected chi connectivity index (χ0v) is 12.9. The molecule has 0 spiro atoms. The molecule has 0 atom stereocenters. The first-order valence-corrected chi connectivity index (χ1v) is 7.46. The maximum Gasteiger partial charge on any atom is 0.255 e. The summed E-state index contributed by atoms with van der Waals surface area (Å²) in [5.41, 5.74) is 9.11. The van der Waals surface area contributed by atoms with Gasteiger partial charge in [0, 0.05) is 18.8 Å². The second kappa shape index (κ2) is 5.48. The number of nitrogen functional groups attached to an aromatic ring is 1. The quantitative estimate of drug-likeness (QED) is 0.803. The topological polar surface area (TPSA) is 46.3 Å². The molecule has 0 fully saturated rings. The first kappa shape index (κ1) is 14.1. The van der Waals surface area contributed by atoms with E-state index in [0.717, 1.165) is 12.0 Å². The fourth-order valence-corrected chi connectivity index (χ4v) is 3.02. The van der Waals surface area contributed by atoms with Gasteiger partial charge in [-0.3, -0.25) is 4.79 Å². The smallest absolute Gasteiger partial charge is 0.255 e. The maximum atomic E-state index is 13.6. The van der Waals surface area contributed by atoms with Gasteiger partial charge < -0.3 is 10.6 Å². The molecule has 21 heavy (non-hydrogen) atoms. The molecule has 3 rings (SSSR count). The molecule has 0 aromatic heterocycles. The highest BCUT2D eigenvalue weighted by atomic mass is 79.9. The largest absolute Gasteiger partial charge is 0.399 e. The number of carbonyl (C=O) groups excluding carboxylic acids is 1. The molecular weight excluding hydrogens is 335 g/mol. The van der Waals surface area contributed by atoms with Crippen molar-refractivity contribution in [1.82, 2.24) is 4.90 Å². The molecular formula is C16H14BrFN2O. The zero-order valence-electron chi connectivity index (χ0n) is 11.3. The molecule has 0 aliphatic carbocycles.